The zero-order valence-electron chi connectivity index (χ0n) is 11.8. The minimum Gasteiger partial charge on any atom is -0.349 e. The molecular formula is C14H21ClN4O. The third kappa shape index (κ3) is 3.61. The number of carbonyl (C=O) groups excluding carboxylic acids is 1. The SMILES string of the molecule is CC1CCC(NC(=O)c2cc(Cl)nc(NN)c2)C(C)C1. The van der Waals surface area contributed by atoms with Gasteiger partial charge in [-0.05, 0) is 43.2 Å². The lowest BCUT2D eigenvalue weighted by Crippen LogP contribution is -2.42. The lowest BCUT2D eigenvalue weighted by molar-refractivity contribution is 0.0899. The Balaban J connectivity index is 2.06. The van der Waals surface area contributed by atoms with Gasteiger partial charge in [-0.15, -0.1) is 0 Å². The maximum absolute atomic E-state index is 12.3. The van der Waals surface area contributed by atoms with Gasteiger partial charge in [-0.1, -0.05) is 25.4 Å². The van der Waals surface area contributed by atoms with Gasteiger partial charge in [-0.25, -0.2) is 10.8 Å². The molecule has 3 atom stereocenters. The second kappa shape index (κ2) is 6.41. The van der Waals surface area contributed by atoms with E-state index in [1.165, 1.54) is 0 Å². The number of halogens is 1. The Morgan fingerprint density at radius 2 is 2.15 bits per heavy atom. The van der Waals surface area contributed by atoms with Gasteiger partial charge in [0.1, 0.15) is 11.0 Å². The van der Waals surface area contributed by atoms with Crippen molar-refractivity contribution >= 4 is 23.3 Å². The summed E-state index contributed by atoms with van der Waals surface area (Å²) in [5.74, 6) is 6.79. The third-order valence-electron chi connectivity index (χ3n) is 3.95. The number of nitrogens with zero attached hydrogens (tertiary/aromatic N) is 1. The number of carbonyl (C=O) groups is 1. The quantitative estimate of drug-likeness (QED) is 0.455. The second-order valence-electron chi connectivity index (χ2n) is 5.68. The van der Waals surface area contributed by atoms with E-state index in [4.69, 9.17) is 17.4 Å². The highest BCUT2D eigenvalue weighted by Gasteiger charge is 2.26. The Morgan fingerprint density at radius 3 is 2.80 bits per heavy atom. The van der Waals surface area contributed by atoms with Crippen molar-refractivity contribution < 1.29 is 4.79 Å². The van der Waals surface area contributed by atoms with Crippen LogP contribution < -0.4 is 16.6 Å². The fraction of sp³-hybridized carbons (Fsp3) is 0.571. The topological polar surface area (TPSA) is 80.0 Å². The van der Waals surface area contributed by atoms with Crippen LogP contribution in [0.2, 0.25) is 5.15 Å². The fourth-order valence-corrected chi connectivity index (χ4v) is 3.04. The van der Waals surface area contributed by atoms with Gasteiger partial charge in [0.15, 0.2) is 0 Å². The monoisotopic (exact) mass is 296 g/mol. The number of hydrogen-bond acceptors (Lipinski definition) is 4. The molecule has 1 amide bonds. The van der Waals surface area contributed by atoms with E-state index in [2.05, 4.69) is 29.6 Å². The van der Waals surface area contributed by atoms with Gasteiger partial charge in [-0.3, -0.25) is 4.79 Å². The van der Waals surface area contributed by atoms with E-state index in [1.807, 2.05) is 0 Å². The number of nitrogens with two attached hydrogens (primary N) is 1. The van der Waals surface area contributed by atoms with Crippen LogP contribution in [-0.2, 0) is 0 Å². The first-order valence-corrected chi connectivity index (χ1v) is 7.32. The molecule has 4 N–H and O–H groups in total. The van der Waals surface area contributed by atoms with E-state index in [0.29, 0.717) is 17.3 Å². The summed E-state index contributed by atoms with van der Waals surface area (Å²) in [5, 5.41) is 3.34. The minimum atomic E-state index is -0.128. The van der Waals surface area contributed by atoms with Crippen molar-refractivity contribution in [1.29, 1.82) is 0 Å². The number of amides is 1. The Hall–Kier alpha value is -1.33. The summed E-state index contributed by atoms with van der Waals surface area (Å²) in [5.41, 5.74) is 2.88. The van der Waals surface area contributed by atoms with E-state index in [-0.39, 0.29) is 17.1 Å². The number of nitrogens with one attached hydrogen (secondary N) is 2. The van der Waals surface area contributed by atoms with E-state index >= 15 is 0 Å². The van der Waals surface area contributed by atoms with Crippen LogP contribution in [0.3, 0.4) is 0 Å². The van der Waals surface area contributed by atoms with Crippen molar-refractivity contribution in [2.75, 3.05) is 5.43 Å². The molecule has 6 heteroatoms. The zero-order chi connectivity index (χ0) is 14.7. The van der Waals surface area contributed by atoms with E-state index in [0.717, 1.165) is 25.2 Å². The van der Waals surface area contributed by atoms with Gasteiger partial charge in [-0.2, -0.15) is 0 Å². The number of rotatable bonds is 3. The van der Waals surface area contributed by atoms with Crippen LogP contribution in [0.4, 0.5) is 5.82 Å². The van der Waals surface area contributed by atoms with Gasteiger partial charge in [0, 0.05) is 11.6 Å². The number of hydrazine groups is 1. The molecular weight excluding hydrogens is 276 g/mol. The van der Waals surface area contributed by atoms with Crippen LogP contribution >= 0.6 is 11.6 Å². The summed E-state index contributed by atoms with van der Waals surface area (Å²) >= 11 is 5.88. The normalized spacial score (nSPS) is 26.1. The largest absolute Gasteiger partial charge is 0.349 e. The molecule has 0 aromatic carbocycles. The van der Waals surface area contributed by atoms with Crippen LogP contribution in [0.15, 0.2) is 12.1 Å². The molecule has 0 radical (unpaired) electrons. The zero-order valence-corrected chi connectivity index (χ0v) is 12.6. The third-order valence-corrected chi connectivity index (χ3v) is 4.15. The molecule has 5 nitrogen and oxygen atoms in total. The number of pyridine rings is 1. The summed E-state index contributed by atoms with van der Waals surface area (Å²) < 4.78 is 0. The van der Waals surface area contributed by atoms with Crippen molar-refractivity contribution in [2.24, 2.45) is 17.7 Å². The maximum atomic E-state index is 12.3. The number of hydrogen-bond donors (Lipinski definition) is 3. The van der Waals surface area contributed by atoms with Gasteiger partial charge >= 0.3 is 0 Å². The molecule has 0 spiro atoms. The molecule has 1 fully saturated rings. The second-order valence-corrected chi connectivity index (χ2v) is 6.07. The van der Waals surface area contributed by atoms with Crippen LogP contribution in [0.5, 0.6) is 0 Å². The Bertz CT molecular complexity index is 494. The molecule has 20 heavy (non-hydrogen) atoms. The molecule has 0 bridgehead atoms. The molecule has 0 aliphatic heterocycles. The number of anilines is 1. The number of nitrogen functional groups attached to an aromatic ring is 1. The summed E-state index contributed by atoms with van der Waals surface area (Å²) in [4.78, 5) is 16.2. The van der Waals surface area contributed by atoms with Crippen LogP contribution in [0.1, 0.15) is 43.5 Å². The maximum Gasteiger partial charge on any atom is 0.251 e. The highest BCUT2D eigenvalue weighted by molar-refractivity contribution is 6.29. The standard InChI is InChI=1S/C14H21ClN4O/c1-8-3-4-11(9(2)5-8)17-14(20)10-6-12(15)18-13(7-10)19-16/h6-9,11H,3-5,16H2,1-2H3,(H,17,20)(H,18,19). The first kappa shape index (κ1) is 15.1. The van der Waals surface area contributed by atoms with Crippen molar-refractivity contribution in [3.8, 4) is 0 Å². The predicted molar refractivity (Wildman–Crippen MR) is 80.5 cm³/mol. The Labute approximate surface area is 124 Å². The Kier molecular flexibility index (Phi) is 4.83. The van der Waals surface area contributed by atoms with Gasteiger partial charge < -0.3 is 10.7 Å². The molecule has 110 valence electrons. The van der Waals surface area contributed by atoms with Gasteiger partial charge in [0.25, 0.3) is 5.91 Å². The number of aromatic nitrogens is 1. The molecule has 1 aliphatic carbocycles. The highest BCUT2D eigenvalue weighted by Crippen LogP contribution is 2.28. The van der Waals surface area contributed by atoms with Gasteiger partial charge in [0.2, 0.25) is 0 Å². The average molecular weight is 297 g/mol. The molecule has 2 rings (SSSR count). The summed E-state index contributed by atoms with van der Waals surface area (Å²) in [6.07, 6.45) is 3.33. The van der Waals surface area contributed by atoms with Crippen LogP contribution in [-0.4, -0.2) is 16.9 Å². The summed E-state index contributed by atoms with van der Waals surface area (Å²) in [6, 6.07) is 3.37. The van der Waals surface area contributed by atoms with Crippen molar-refractivity contribution in [2.45, 2.75) is 39.2 Å². The fourth-order valence-electron chi connectivity index (χ4n) is 2.83. The lowest BCUT2D eigenvalue weighted by Gasteiger charge is -2.33. The highest BCUT2D eigenvalue weighted by atomic mass is 35.5. The van der Waals surface area contributed by atoms with E-state index < -0.39 is 0 Å². The molecule has 3 unspecified atom stereocenters. The lowest BCUT2D eigenvalue weighted by atomic mass is 9.80. The predicted octanol–water partition coefficient (Wildman–Crippen LogP) is 2.58. The van der Waals surface area contributed by atoms with E-state index in [9.17, 15) is 4.79 Å². The van der Waals surface area contributed by atoms with Crippen molar-refractivity contribution in [3.05, 3.63) is 22.8 Å². The van der Waals surface area contributed by atoms with Crippen LogP contribution in [0, 0.1) is 11.8 Å². The van der Waals surface area contributed by atoms with Crippen LogP contribution in [0.25, 0.3) is 0 Å². The first-order chi connectivity index (χ1) is 9.49. The molecule has 1 aliphatic rings. The van der Waals surface area contributed by atoms with E-state index in [1.54, 1.807) is 12.1 Å². The molecule has 1 aromatic rings. The smallest absolute Gasteiger partial charge is 0.251 e. The van der Waals surface area contributed by atoms with Crippen molar-refractivity contribution in [1.82, 2.24) is 10.3 Å². The average Bonchev–Trinajstić information content (AvgIpc) is 2.41. The summed E-state index contributed by atoms with van der Waals surface area (Å²) in [6.45, 7) is 4.45. The van der Waals surface area contributed by atoms with Gasteiger partial charge in [0.05, 0.1) is 0 Å². The van der Waals surface area contributed by atoms with Crippen molar-refractivity contribution in [3.63, 3.8) is 0 Å². The summed E-state index contributed by atoms with van der Waals surface area (Å²) in [7, 11) is 0. The molecule has 0 saturated heterocycles. The minimum absolute atomic E-state index is 0.128. The Morgan fingerprint density at radius 1 is 1.40 bits per heavy atom. The molecule has 1 heterocycles. The molecule has 1 saturated carbocycles. The first-order valence-electron chi connectivity index (χ1n) is 6.94. The molecule has 1 aromatic heterocycles.